The average Bonchev–Trinajstić information content (AvgIpc) is 3.16. The number of rotatable bonds is 12. The van der Waals surface area contributed by atoms with Crippen LogP contribution in [0.4, 0.5) is 0 Å². The topological polar surface area (TPSA) is 43.2 Å². The van der Waals surface area contributed by atoms with Crippen molar-refractivity contribution in [3.63, 3.8) is 0 Å². The van der Waals surface area contributed by atoms with Crippen LogP contribution >= 0.6 is 0 Å². The molecule has 0 aromatic heterocycles. The summed E-state index contributed by atoms with van der Waals surface area (Å²) < 4.78 is 13.9. The summed E-state index contributed by atoms with van der Waals surface area (Å²) in [6.45, 7) is 4.04. The predicted molar refractivity (Wildman–Crippen MR) is 201 cm³/mol. The fourth-order valence-corrected chi connectivity index (χ4v) is 13.2. The molecule has 6 aromatic rings. The van der Waals surface area contributed by atoms with E-state index in [1.165, 1.54) is 0 Å². The van der Waals surface area contributed by atoms with Gasteiger partial charge >= 0.3 is 16.6 Å². The highest BCUT2D eigenvalue weighted by molar-refractivity contribution is 7.07. The van der Waals surface area contributed by atoms with Crippen molar-refractivity contribution in [1.82, 2.24) is 0 Å². The molecule has 0 aliphatic rings. The lowest BCUT2D eigenvalue weighted by Gasteiger charge is -2.31. The van der Waals surface area contributed by atoms with Gasteiger partial charge in [-0.05, 0) is 44.5 Å². The van der Waals surface area contributed by atoms with Crippen molar-refractivity contribution in [3.8, 4) is 0 Å². The molecule has 0 atom stereocenters. The van der Waals surface area contributed by atoms with Gasteiger partial charge in [-0.3, -0.25) is 0 Å². The molecule has 0 amide bonds. The van der Waals surface area contributed by atoms with E-state index >= 15 is 0 Å². The van der Waals surface area contributed by atoms with Gasteiger partial charge in [0.05, 0.1) is 5.71 Å². The lowest BCUT2D eigenvalue weighted by Crippen LogP contribution is -2.68. The van der Waals surface area contributed by atoms with Gasteiger partial charge in [0.2, 0.25) is 0 Å². The van der Waals surface area contributed by atoms with E-state index in [9.17, 15) is 0 Å². The molecule has 0 heterocycles. The first-order chi connectivity index (χ1) is 23.2. The Balaban J connectivity index is 1.46. The Morgan fingerprint density at radius 2 is 0.638 bits per heavy atom. The Labute approximate surface area is 279 Å². The highest BCUT2D eigenvalue weighted by atomic mass is 28.4. The van der Waals surface area contributed by atoms with Gasteiger partial charge in [0, 0.05) is 0 Å². The Hall–Kier alpha value is -5.31. The van der Waals surface area contributed by atoms with Gasteiger partial charge in [0.1, 0.15) is 5.71 Å². The molecule has 6 aromatic carbocycles. The second-order valence-electron chi connectivity index (χ2n) is 11.3. The van der Waals surface area contributed by atoms with E-state index in [0.717, 1.165) is 36.8 Å². The lowest BCUT2D eigenvalue weighted by molar-refractivity contribution is 0.343. The summed E-state index contributed by atoms with van der Waals surface area (Å²) in [7, 11) is -6.08. The van der Waals surface area contributed by atoms with Gasteiger partial charge in [-0.25, -0.2) is 0 Å². The monoisotopic (exact) mass is 646 g/mol. The zero-order chi connectivity index (χ0) is 32.4. The van der Waals surface area contributed by atoms with E-state index in [1.807, 2.05) is 43.3 Å². The third kappa shape index (κ3) is 6.52. The first-order valence-corrected chi connectivity index (χ1v) is 19.8. The highest BCUT2D eigenvalue weighted by Crippen LogP contribution is 2.14. The molecule has 0 bridgehead atoms. The Morgan fingerprint density at radius 1 is 0.404 bits per heavy atom. The van der Waals surface area contributed by atoms with Gasteiger partial charge in [0.15, 0.2) is 0 Å². The molecular formula is C41H38N2O2Si2. The van der Waals surface area contributed by atoms with Crippen molar-refractivity contribution in [2.75, 3.05) is 0 Å². The predicted octanol–water partition coefficient (Wildman–Crippen LogP) is 5.50. The first kappa shape index (κ1) is 31.7. The normalized spacial score (nSPS) is 12.4. The van der Waals surface area contributed by atoms with Crippen molar-refractivity contribution in [2.45, 2.75) is 20.3 Å². The lowest BCUT2D eigenvalue weighted by atomic mass is 10.2. The van der Waals surface area contributed by atoms with Crippen molar-refractivity contribution in [3.05, 3.63) is 182 Å². The Bertz CT molecular complexity index is 1710. The van der Waals surface area contributed by atoms with Gasteiger partial charge in [-0.1, -0.05) is 189 Å². The quantitative estimate of drug-likeness (QED) is 0.0764. The maximum atomic E-state index is 6.95. The number of nitrogens with zero attached hydrogens (tertiary/aromatic N) is 2. The summed E-state index contributed by atoms with van der Waals surface area (Å²) in [5, 5.41) is 16.5. The van der Waals surface area contributed by atoms with Crippen LogP contribution in [0, 0.1) is 0 Å². The van der Waals surface area contributed by atoms with Gasteiger partial charge < -0.3 is 9.05 Å². The first-order valence-electron chi connectivity index (χ1n) is 16.0. The molecule has 0 spiro atoms. The molecule has 0 aliphatic carbocycles. The number of hydrogen-bond donors (Lipinski definition) is 0. The molecule has 0 fully saturated rings. The minimum absolute atomic E-state index is 0.623. The van der Waals surface area contributed by atoms with Gasteiger partial charge in [-0.2, -0.15) is 0 Å². The summed E-state index contributed by atoms with van der Waals surface area (Å²) >= 11 is 0. The van der Waals surface area contributed by atoms with Crippen molar-refractivity contribution in [2.24, 2.45) is 10.3 Å². The molecule has 232 valence electrons. The van der Waals surface area contributed by atoms with Crippen LogP contribution in [0.2, 0.25) is 0 Å². The van der Waals surface area contributed by atoms with Crippen LogP contribution < -0.4 is 31.1 Å². The highest BCUT2D eigenvalue weighted by Gasteiger charge is 2.46. The number of benzene rings is 6. The fourth-order valence-electron chi connectivity index (χ4n) is 6.05. The third-order valence-electron chi connectivity index (χ3n) is 8.45. The molecule has 47 heavy (non-hydrogen) atoms. The van der Waals surface area contributed by atoms with E-state index in [-0.39, 0.29) is 0 Å². The molecule has 6 heteroatoms. The van der Waals surface area contributed by atoms with Crippen LogP contribution in [0.15, 0.2) is 192 Å². The zero-order valence-electron chi connectivity index (χ0n) is 26.7. The second kappa shape index (κ2) is 14.9. The summed E-state index contributed by atoms with van der Waals surface area (Å²) in [6.07, 6.45) is 0.623. The van der Waals surface area contributed by atoms with Crippen molar-refractivity contribution < 1.29 is 9.05 Å². The summed E-state index contributed by atoms with van der Waals surface area (Å²) in [5.74, 6) is 0. The molecule has 0 saturated carbocycles. The van der Waals surface area contributed by atoms with Crippen molar-refractivity contribution in [1.29, 1.82) is 0 Å². The molecule has 0 aliphatic heterocycles. The summed E-state index contributed by atoms with van der Waals surface area (Å²) in [6, 6.07) is 62.8. The average molecular weight is 647 g/mol. The van der Waals surface area contributed by atoms with E-state index in [2.05, 4.69) is 153 Å². The standard InChI is InChI=1S/C41H38N2O2Si2/c1-3-41(43-45-47(38-28-16-7-17-29-38,39-30-18-8-19-31-39)40-32-20-9-21-33-40)34(2)42-44-46(35-22-10-4-11-23-35,36-24-12-5-13-25-36)37-26-14-6-15-27-37/h4-33H,3H2,1-2H3. The van der Waals surface area contributed by atoms with Crippen LogP contribution in [0.25, 0.3) is 0 Å². The van der Waals surface area contributed by atoms with Gasteiger partial charge in [-0.15, -0.1) is 10.3 Å². The van der Waals surface area contributed by atoms with Crippen LogP contribution in [-0.4, -0.2) is 28.1 Å². The fraction of sp³-hybridized carbons (Fsp3) is 0.0732. The van der Waals surface area contributed by atoms with E-state index in [0.29, 0.717) is 12.1 Å². The van der Waals surface area contributed by atoms with Gasteiger partial charge in [0.25, 0.3) is 0 Å². The van der Waals surface area contributed by atoms with E-state index < -0.39 is 16.6 Å². The summed E-state index contributed by atoms with van der Waals surface area (Å²) in [4.78, 5) is 0. The molecule has 0 unspecified atom stereocenters. The van der Waals surface area contributed by atoms with Crippen LogP contribution in [0.1, 0.15) is 20.3 Å². The Morgan fingerprint density at radius 3 is 0.872 bits per heavy atom. The molecule has 0 radical (unpaired) electrons. The molecule has 6 rings (SSSR count). The SMILES string of the molecule is CCC(=NO[Si](c1ccccc1)(c1ccccc1)c1ccccc1)C(C)=NO[Si](c1ccccc1)(c1ccccc1)c1ccccc1. The van der Waals surface area contributed by atoms with Crippen LogP contribution in [-0.2, 0) is 9.05 Å². The van der Waals surface area contributed by atoms with Crippen molar-refractivity contribution >= 4 is 59.2 Å². The third-order valence-corrected chi connectivity index (χ3v) is 16.1. The smallest absolute Gasteiger partial charge is 0.380 e. The molecule has 0 saturated heterocycles. The Kier molecular flexibility index (Phi) is 10.0. The second-order valence-corrected chi connectivity index (χ2v) is 17.9. The molecule has 0 N–H and O–H groups in total. The maximum Gasteiger partial charge on any atom is 0.380 e. The summed E-state index contributed by atoms with van der Waals surface area (Å²) in [5.41, 5.74) is 1.42. The van der Waals surface area contributed by atoms with E-state index in [1.54, 1.807) is 0 Å². The largest absolute Gasteiger partial charge is 0.438 e. The van der Waals surface area contributed by atoms with Crippen LogP contribution in [0.5, 0.6) is 0 Å². The number of oxime groups is 2. The maximum absolute atomic E-state index is 6.95. The molecular weight excluding hydrogens is 609 g/mol. The van der Waals surface area contributed by atoms with E-state index in [4.69, 9.17) is 19.4 Å². The molecule has 4 nitrogen and oxygen atoms in total. The number of hydrogen-bond acceptors (Lipinski definition) is 4. The minimum atomic E-state index is -3.04. The minimum Gasteiger partial charge on any atom is -0.438 e. The van der Waals surface area contributed by atoms with Crippen LogP contribution in [0.3, 0.4) is 0 Å². The zero-order valence-corrected chi connectivity index (χ0v) is 28.7.